The van der Waals surface area contributed by atoms with Crippen molar-refractivity contribution >= 4 is 31.5 Å². The molecule has 0 amide bonds. The molecule has 9 rings (SSSR count). The Bertz CT molecular complexity index is 2490. The maximum Gasteiger partial charge on any atom is 0.0433 e. The van der Waals surface area contributed by atoms with Crippen molar-refractivity contribution in [2.45, 2.75) is 6.92 Å². The summed E-state index contributed by atoms with van der Waals surface area (Å²) in [7, 11) is 0. The van der Waals surface area contributed by atoms with Gasteiger partial charge in [-0.05, 0) is 64.3 Å². The van der Waals surface area contributed by atoms with Crippen molar-refractivity contribution in [3.05, 3.63) is 194 Å². The summed E-state index contributed by atoms with van der Waals surface area (Å²) < 4.78 is 2.69. The second kappa shape index (κ2) is 15.6. The molecule has 247 valence electrons. The number of pyridine rings is 2. The number of nitrogens with zero attached hydrogens (tertiary/aromatic N) is 2. The fourth-order valence-corrected chi connectivity index (χ4v) is 7.47. The van der Waals surface area contributed by atoms with E-state index in [0.29, 0.717) is 0 Å². The Morgan fingerprint density at radius 2 is 1.14 bits per heavy atom. The van der Waals surface area contributed by atoms with Crippen LogP contribution in [-0.2, 0) is 20.1 Å². The second-order valence-corrected chi connectivity index (χ2v) is 13.1. The van der Waals surface area contributed by atoms with Crippen LogP contribution in [0, 0.1) is 19.1 Å². The summed E-state index contributed by atoms with van der Waals surface area (Å²) in [4.78, 5) is 8.88. The Morgan fingerprint density at radius 1 is 0.490 bits per heavy atom. The Balaban J connectivity index is 0.000000265. The summed E-state index contributed by atoms with van der Waals surface area (Å²) in [5.41, 5.74) is 12.3. The van der Waals surface area contributed by atoms with Crippen molar-refractivity contribution in [1.29, 1.82) is 0 Å². The van der Waals surface area contributed by atoms with Crippen molar-refractivity contribution in [2.75, 3.05) is 0 Å². The van der Waals surface area contributed by atoms with Crippen molar-refractivity contribution in [2.24, 2.45) is 0 Å². The van der Waals surface area contributed by atoms with E-state index in [-0.39, 0.29) is 20.1 Å². The van der Waals surface area contributed by atoms with Gasteiger partial charge in [-0.15, -0.1) is 82.6 Å². The van der Waals surface area contributed by atoms with E-state index in [1.807, 2.05) is 85.0 Å². The van der Waals surface area contributed by atoms with Gasteiger partial charge in [0.1, 0.15) is 0 Å². The number of hydrogen-bond donors (Lipinski definition) is 0. The van der Waals surface area contributed by atoms with Gasteiger partial charge in [0.15, 0.2) is 0 Å². The standard InChI is InChI=1S/C36H24NS.C11H8N.Ir/c1-24-7-4-13-34(37-24)30-9-5-8-29(23-30)27-17-15-25(16-18-27)26-19-21-28(22-20-26)31-11-6-12-33-32-10-2-3-14-35(32)38-36(31)33;1-2-6-10(7-3-1)11-8-4-5-9-12-11;/h2-8,10-23H,1H3;1-6,8-9H;/q2*-1;. The van der Waals surface area contributed by atoms with Gasteiger partial charge >= 0.3 is 0 Å². The summed E-state index contributed by atoms with van der Waals surface area (Å²) in [6, 6.07) is 65.6. The second-order valence-electron chi connectivity index (χ2n) is 12.1. The predicted octanol–water partition coefficient (Wildman–Crippen LogP) is 12.8. The number of rotatable bonds is 5. The minimum absolute atomic E-state index is 0. The summed E-state index contributed by atoms with van der Waals surface area (Å²) in [5.74, 6) is 0. The van der Waals surface area contributed by atoms with E-state index in [2.05, 4.69) is 125 Å². The number of benzene rings is 6. The maximum atomic E-state index is 4.66. The number of thiophene rings is 1. The third-order valence-corrected chi connectivity index (χ3v) is 9.99. The third kappa shape index (κ3) is 7.50. The molecule has 0 fully saturated rings. The Morgan fingerprint density at radius 3 is 1.86 bits per heavy atom. The van der Waals surface area contributed by atoms with Gasteiger partial charge in [0.2, 0.25) is 0 Å². The first kappa shape index (κ1) is 34.0. The van der Waals surface area contributed by atoms with E-state index < -0.39 is 0 Å². The molecule has 1 radical (unpaired) electrons. The van der Waals surface area contributed by atoms with Crippen molar-refractivity contribution in [3.8, 4) is 55.9 Å². The molecule has 0 saturated carbocycles. The quantitative estimate of drug-likeness (QED) is 0.161. The van der Waals surface area contributed by atoms with Gasteiger partial charge in [0, 0.05) is 52.2 Å². The van der Waals surface area contributed by atoms with E-state index in [1.165, 1.54) is 53.6 Å². The molecule has 4 heteroatoms. The molecular formula is C47H32IrN2S-2. The normalized spacial score (nSPS) is 10.7. The van der Waals surface area contributed by atoms with Crippen LogP contribution in [-0.4, -0.2) is 9.97 Å². The molecular weight excluding hydrogens is 817 g/mol. The van der Waals surface area contributed by atoms with Gasteiger partial charge in [0.25, 0.3) is 0 Å². The van der Waals surface area contributed by atoms with E-state index in [0.717, 1.165) is 28.2 Å². The van der Waals surface area contributed by atoms with Crippen LogP contribution >= 0.6 is 11.3 Å². The van der Waals surface area contributed by atoms with Gasteiger partial charge in [-0.2, -0.15) is 0 Å². The zero-order chi connectivity index (χ0) is 33.7. The first-order chi connectivity index (χ1) is 24.7. The van der Waals surface area contributed by atoms with Crippen LogP contribution in [0.15, 0.2) is 176 Å². The van der Waals surface area contributed by atoms with Gasteiger partial charge in [-0.1, -0.05) is 109 Å². The van der Waals surface area contributed by atoms with Crippen LogP contribution in [0.1, 0.15) is 5.69 Å². The molecule has 0 spiro atoms. The summed E-state index contributed by atoms with van der Waals surface area (Å²) in [6.45, 7) is 2.02. The van der Waals surface area contributed by atoms with Crippen molar-refractivity contribution in [1.82, 2.24) is 9.97 Å². The largest absolute Gasteiger partial charge is 0.305 e. The first-order valence-electron chi connectivity index (χ1n) is 16.6. The van der Waals surface area contributed by atoms with Crippen molar-refractivity contribution in [3.63, 3.8) is 0 Å². The van der Waals surface area contributed by atoms with Gasteiger partial charge in [0.05, 0.1) is 0 Å². The van der Waals surface area contributed by atoms with Gasteiger partial charge in [-0.3, -0.25) is 0 Å². The van der Waals surface area contributed by atoms with E-state index >= 15 is 0 Å². The molecule has 0 bridgehead atoms. The molecule has 51 heavy (non-hydrogen) atoms. The molecule has 0 aliphatic heterocycles. The van der Waals surface area contributed by atoms with Crippen LogP contribution in [0.25, 0.3) is 76.1 Å². The van der Waals surface area contributed by atoms with Gasteiger partial charge < -0.3 is 9.97 Å². The first-order valence-corrected chi connectivity index (χ1v) is 17.5. The SMILES string of the molecule is Cc1cccc(-c2[c-]ccc(-c3ccc(-c4ccc(-c5cccc6c5sc5ccccc56)cc4)cc3)c2)n1.[Ir].[c-]1ccccc1-c1ccccn1. The minimum atomic E-state index is 0. The van der Waals surface area contributed by atoms with E-state index in [9.17, 15) is 0 Å². The van der Waals surface area contributed by atoms with Crippen molar-refractivity contribution < 1.29 is 20.1 Å². The van der Waals surface area contributed by atoms with Crippen LogP contribution in [0.2, 0.25) is 0 Å². The number of aryl methyl sites for hydroxylation is 1. The van der Waals surface area contributed by atoms with Gasteiger partial charge in [-0.25, -0.2) is 0 Å². The monoisotopic (exact) mass is 849 g/mol. The molecule has 3 aromatic heterocycles. The smallest absolute Gasteiger partial charge is 0.0433 e. The average Bonchev–Trinajstić information content (AvgIpc) is 3.58. The summed E-state index contributed by atoms with van der Waals surface area (Å²) in [5, 5.41) is 2.67. The fraction of sp³-hybridized carbons (Fsp3) is 0.0213. The summed E-state index contributed by atoms with van der Waals surface area (Å²) in [6.07, 6.45) is 1.79. The van der Waals surface area contributed by atoms with Crippen LogP contribution in [0.3, 0.4) is 0 Å². The Labute approximate surface area is 316 Å². The van der Waals surface area contributed by atoms with E-state index in [1.54, 1.807) is 6.20 Å². The van der Waals surface area contributed by atoms with E-state index in [4.69, 9.17) is 0 Å². The molecule has 0 aliphatic carbocycles. The topological polar surface area (TPSA) is 25.8 Å². The van der Waals surface area contributed by atoms with Crippen LogP contribution in [0.4, 0.5) is 0 Å². The molecule has 0 saturated heterocycles. The predicted molar refractivity (Wildman–Crippen MR) is 211 cm³/mol. The zero-order valence-corrected chi connectivity index (χ0v) is 31.1. The molecule has 9 aromatic rings. The molecule has 0 unspecified atom stereocenters. The Hall–Kier alpha value is -5.51. The molecule has 3 heterocycles. The molecule has 0 atom stereocenters. The molecule has 0 aliphatic rings. The van der Waals surface area contributed by atoms with Crippen LogP contribution < -0.4 is 0 Å². The third-order valence-electron chi connectivity index (χ3n) is 8.77. The number of aromatic nitrogens is 2. The minimum Gasteiger partial charge on any atom is -0.305 e. The zero-order valence-electron chi connectivity index (χ0n) is 27.9. The van der Waals surface area contributed by atoms with Crippen LogP contribution in [0.5, 0.6) is 0 Å². The number of hydrogen-bond acceptors (Lipinski definition) is 3. The average molecular weight is 849 g/mol. The maximum absolute atomic E-state index is 4.66. The molecule has 0 N–H and O–H groups in total. The Kier molecular flexibility index (Phi) is 10.4. The molecule has 2 nitrogen and oxygen atoms in total. The fourth-order valence-electron chi connectivity index (χ4n) is 6.23. The number of fused-ring (bicyclic) bond motifs is 3. The summed E-state index contributed by atoms with van der Waals surface area (Å²) >= 11 is 1.88. The molecule has 6 aromatic carbocycles.